The number of rotatable bonds is 6. The quantitative estimate of drug-likeness (QED) is 0.367. The Kier molecular flexibility index (Phi) is 4.74. The molecule has 0 spiro atoms. The van der Waals surface area contributed by atoms with Crippen LogP contribution in [0.25, 0.3) is 10.9 Å². The van der Waals surface area contributed by atoms with Gasteiger partial charge in [-0.1, -0.05) is 37.6 Å². The SMILES string of the molecule is CCCCn1c(O)c(N=Nc2cccc([N+](=O)[O-])c2)c2ccccc21. The fourth-order valence-electron chi connectivity index (χ4n) is 2.69. The van der Waals surface area contributed by atoms with Crippen molar-refractivity contribution >= 4 is 28.0 Å². The van der Waals surface area contributed by atoms with Crippen LogP contribution in [0.1, 0.15) is 19.8 Å². The molecule has 0 radical (unpaired) electrons. The van der Waals surface area contributed by atoms with Gasteiger partial charge in [0.25, 0.3) is 5.69 Å². The van der Waals surface area contributed by atoms with Gasteiger partial charge in [0.2, 0.25) is 5.88 Å². The van der Waals surface area contributed by atoms with Crippen LogP contribution in [0.2, 0.25) is 0 Å². The number of aryl methyl sites for hydroxylation is 1. The topological polar surface area (TPSA) is 93.0 Å². The summed E-state index contributed by atoms with van der Waals surface area (Å²) in [5.41, 5.74) is 1.57. The maximum Gasteiger partial charge on any atom is 0.271 e. The number of benzene rings is 2. The molecule has 0 atom stereocenters. The van der Waals surface area contributed by atoms with E-state index < -0.39 is 4.92 Å². The van der Waals surface area contributed by atoms with Gasteiger partial charge in [-0.15, -0.1) is 5.11 Å². The van der Waals surface area contributed by atoms with Gasteiger partial charge in [-0.25, -0.2) is 0 Å². The Balaban J connectivity index is 2.02. The highest BCUT2D eigenvalue weighted by molar-refractivity contribution is 5.95. The zero-order chi connectivity index (χ0) is 17.8. The van der Waals surface area contributed by atoms with Crippen molar-refractivity contribution in [2.24, 2.45) is 10.2 Å². The van der Waals surface area contributed by atoms with Gasteiger partial charge < -0.3 is 9.67 Å². The maximum atomic E-state index is 10.8. The first-order valence-electron chi connectivity index (χ1n) is 8.08. The number of nitro benzene ring substituents is 1. The Morgan fingerprint density at radius 3 is 2.72 bits per heavy atom. The second-order valence-electron chi connectivity index (χ2n) is 5.67. The number of hydrogen-bond donors (Lipinski definition) is 1. The Hall–Kier alpha value is -3.22. The van der Waals surface area contributed by atoms with Gasteiger partial charge in [0.05, 0.1) is 16.1 Å². The van der Waals surface area contributed by atoms with Crippen LogP contribution < -0.4 is 0 Å². The molecule has 0 aliphatic heterocycles. The highest BCUT2D eigenvalue weighted by atomic mass is 16.6. The zero-order valence-electron chi connectivity index (χ0n) is 13.8. The van der Waals surface area contributed by atoms with E-state index in [0.29, 0.717) is 17.9 Å². The molecular weight excluding hydrogens is 320 g/mol. The molecule has 0 aliphatic rings. The van der Waals surface area contributed by atoms with Gasteiger partial charge in [-0.3, -0.25) is 10.1 Å². The van der Waals surface area contributed by atoms with Crippen LogP contribution in [0.3, 0.4) is 0 Å². The normalized spacial score (nSPS) is 11.4. The van der Waals surface area contributed by atoms with Gasteiger partial charge in [-0.05, 0) is 18.6 Å². The van der Waals surface area contributed by atoms with E-state index >= 15 is 0 Å². The summed E-state index contributed by atoms with van der Waals surface area (Å²) in [6, 6.07) is 13.5. The maximum absolute atomic E-state index is 10.8. The van der Waals surface area contributed by atoms with E-state index in [1.807, 2.05) is 28.8 Å². The summed E-state index contributed by atoms with van der Waals surface area (Å²) in [6.07, 6.45) is 1.95. The molecule has 0 saturated heterocycles. The molecule has 3 rings (SSSR count). The van der Waals surface area contributed by atoms with Crippen LogP contribution in [0.5, 0.6) is 5.88 Å². The third kappa shape index (κ3) is 3.35. The molecule has 7 heteroatoms. The van der Waals surface area contributed by atoms with Crippen molar-refractivity contribution in [3.05, 3.63) is 58.6 Å². The van der Waals surface area contributed by atoms with E-state index in [2.05, 4.69) is 17.2 Å². The molecule has 2 aromatic carbocycles. The summed E-state index contributed by atoms with van der Waals surface area (Å²) in [5.74, 6) is 0.0591. The molecule has 7 nitrogen and oxygen atoms in total. The predicted molar refractivity (Wildman–Crippen MR) is 95.8 cm³/mol. The molecule has 1 aromatic heterocycles. The summed E-state index contributed by atoms with van der Waals surface area (Å²) in [5, 5.41) is 30.4. The summed E-state index contributed by atoms with van der Waals surface area (Å²) in [6.45, 7) is 2.78. The van der Waals surface area contributed by atoms with Crippen molar-refractivity contribution in [2.45, 2.75) is 26.3 Å². The molecule has 0 bridgehead atoms. The predicted octanol–water partition coefficient (Wildman–Crippen LogP) is 5.47. The second-order valence-corrected chi connectivity index (χ2v) is 5.67. The lowest BCUT2D eigenvalue weighted by molar-refractivity contribution is -0.384. The third-order valence-corrected chi connectivity index (χ3v) is 3.96. The lowest BCUT2D eigenvalue weighted by Crippen LogP contribution is -1.96. The van der Waals surface area contributed by atoms with Crippen molar-refractivity contribution in [1.82, 2.24) is 4.57 Å². The van der Waals surface area contributed by atoms with E-state index in [4.69, 9.17) is 0 Å². The molecule has 1 N–H and O–H groups in total. The number of nitro groups is 1. The average molecular weight is 338 g/mol. The van der Waals surface area contributed by atoms with E-state index in [1.165, 1.54) is 12.1 Å². The molecule has 3 aromatic rings. The number of azo groups is 1. The van der Waals surface area contributed by atoms with E-state index in [0.717, 1.165) is 23.7 Å². The van der Waals surface area contributed by atoms with Crippen molar-refractivity contribution in [3.8, 4) is 5.88 Å². The molecule has 1 heterocycles. The molecule has 0 aliphatic carbocycles. The van der Waals surface area contributed by atoms with Crippen LogP contribution in [0.4, 0.5) is 17.1 Å². The van der Waals surface area contributed by atoms with Crippen LogP contribution in [-0.4, -0.2) is 14.6 Å². The largest absolute Gasteiger partial charge is 0.493 e. The van der Waals surface area contributed by atoms with Gasteiger partial charge in [0, 0.05) is 24.1 Å². The first-order chi connectivity index (χ1) is 12.1. The second kappa shape index (κ2) is 7.12. The minimum absolute atomic E-state index is 0.0500. The highest BCUT2D eigenvalue weighted by Crippen LogP contribution is 2.39. The van der Waals surface area contributed by atoms with Crippen molar-refractivity contribution < 1.29 is 10.0 Å². The number of hydrogen-bond acceptors (Lipinski definition) is 5. The summed E-state index contributed by atoms with van der Waals surface area (Å²) >= 11 is 0. The number of fused-ring (bicyclic) bond motifs is 1. The minimum atomic E-state index is -0.479. The summed E-state index contributed by atoms with van der Waals surface area (Å²) < 4.78 is 1.82. The number of unbranched alkanes of at least 4 members (excludes halogenated alkanes) is 1. The average Bonchev–Trinajstić information content (AvgIpc) is 2.89. The number of para-hydroxylation sites is 1. The van der Waals surface area contributed by atoms with Gasteiger partial charge in [0.15, 0.2) is 5.69 Å². The van der Waals surface area contributed by atoms with Crippen LogP contribution >= 0.6 is 0 Å². The fourth-order valence-corrected chi connectivity index (χ4v) is 2.69. The van der Waals surface area contributed by atoms with Crippen molar-refractivity contribution in [1.29, 1.82) is 0 Å². The van der Waals surface area contributed by atoms with Crippen LogP contribution in [0.15, 0.2) is 58.8 Å². The Morgan fingerprint density at radius 2 is 1.96 bits per heavy atom. The van der Waals surface area contributed by atoms with E-state index in [1.54, 1.807) is 12.1 Å². The monoisotopic (exact) mass is 338 g/mol. The van der Waals surface area contributed by atoms with E-state index in [9.17, 15) is 15.2 Å². The molecule has 0 amide bonds. The molecule has 0 unspecified atom stereocenters. The van der Waals surface area contributed by atoms with Crippen molar-refractivity contribution in [2.75, 3.05) is 0 Å². The molecule has 0 saturated carbocycles. The zero-order valence-corrected chi connectivity index (χ0v) is 13.8. The van der Waals surface area contributed by atoms with Crippen molar-refractivity contribution in [3.63, 3.8) is 0 Å². The first-order valence-corrected chi connectivity index (χ1v) is 8.08. The van der Waals surface area contributed by atoms with Gasteiger partial charge in [-0.2, -0.15) is 5.11 Å². The van der Waals surface area contributed by atoms with Gasteiger partial charge >= 0.3 is 0 Å². The first kappa shape index (κ1) is 16.6. The number of nitrogens with zero attached hydrogens (tertiary/aromatic N) is 4. The smallest absolute Gasteiger partial charge is 0.271 e. The van der Waals surface area contributed by atoms with Gasteiger partial charge in [0.1, 0.15) is 0 Å². The lowest BCUT2D eigenvalue weighted by Gasteiger charge is -2.05. The number of aromatic hydroxyl groups is 1. The Labute approximate surface area is 144 Å². The standard InChI is InChI=1S/C18H18N4O3/c1-2-3-11-21-16-10-5-4-9-15(16)17(18(21)23)20-19-13-7-6-8-14(12-13)22(24)25/h4-10,12,23H,2-3,11H2,1H3. The molecule has 25 heavy (non-hydrogen) atoms. The number of aromatic nitrogens is 1. The lowest BCUT2D eigenvalue weighted by atomic mass is 10.2. The Morgan fingerprint density at radius 1 is 1.16 bits per heavy atom. The number of non-ortho nitro benzene ring substituents is 1. The minimum Gasteiger partial charge on any atom is -0.493 e. The third-order valence-electron chi connectivity index (χ3n) is 3.96. The summed E-state index contributed by atoms with van der Waals surface area (Å²) in [7, 11) is 0. The van der Waals surface area contributed by atoms with Crippen LogP contribution in [-0.2, 0) is 6.54 Å². The molecule has 0 fully saturated rings. The fraction of sp³-hybridized carbons (Fsp3) is 0.222. The molecular formula is C18H18N4O3. The van der Waals surface area contributed by atoms with E-state index in [-0.39, 0.29) is 11.6 Å². The molecule has 128 valence electrons. The van der Waals surface area contributed by atoms with Crippen LogP contribution in [0, 0.1) is 10.1 Å². The summed E-state index contributed by atoms with van der Waals surface area (Å²) in [4.78, 5) is 10.4. The Bertz CT molecular complexity index is 947. The highest BCUT2D eigenvalue weighted by Gasteiger charge is 2.16.